The molecule has 0 spiro atoms. The summed E-state index contributed by atoms with van der Waals surface area (Å²) in [6.45, 7) is 3.52. The summed E-state index contributed by atoms with van der Waals surface area (Å²) in [6.07, 6.45) is 4.42. The number of nitrogens with one attached hydrogen (secondary N) is 1. The van der Waals surface area contributed by atoms with Gasteiger partial charge in [0.25, 0.3) is 0 Å². The van der Waals surface area contributed by atoms with Crippen LogP contribution in [0.2, 0.25) is 0 Å². The van der Waals surface area contributed by atoms with Crippen molar-refractivity contribution in [1.82, 2.24) is 5.32 Å². The molecule has 1 aromatic rings. The van der Waals surface area contributed by atoms with Crippen LogP contribution in [-0.2, 0) is 0 Å². The summed E-state index contributed by atoms with van der Waals surface area (Å²) in [6, 6.07) is 3.09. The molecule has 0 saturated carbocycles. The lowest BCUT2D eigenvalue weighted by Crippen LogP contribution is -2.28. The molecule has 5 heteroatoms. The zero-order chi connectivity index (χ0) is 13.7. The Labute approximate surface area is 111 Å². The number of rotatable bonds is 4. The fraction of sp³-hybridized carbons (Fsp3) is 0.231. The van der Waals surface area contributed by atoms with E-state index in [1.807, 2.05) is 0 Å². The van der Waals surface area contributed by atoms with Gasteiger partial charge < -0.3 is 5.32 Å². The predicted octanol–water partition coefficient (Wildman–Crippen LogP) is 2.03. The van der Waals surface area contributed by atoms with Crippen LogP contribution in [0.3, 0.4) is 0 Å². The number of Topliss-reactive ketones (excluding diaryl/α,β-unsaturated/α-hetero) is 1. The number of allylic oxidation sites excluding steroid dienone is 4. The third-order valence-electron chi connectivity index (χ3n) is 2.44. The highest BCUT2D eigenvalue weighted by atomic mass is 35.5. The Bertz CT molecular complexity index is 500. The quantitative estimate of drug-likeness (QED) is 0.289. The molecule has 0 fully saturated rings. The van der Waals surface area contributed by atoms with Crippen LogP contribution in [-0.4, -0.2) is 18.0 Å². The topological polar surface area (TPSA) is 53.2 Å². The van der Waals surface area contributed by atoms with Crippen molar-refractivity contribution in [3.63, 3.8) is 0 Å². The minimum Gasteiger partial charge on any atom is -0.391 e. The van der Waals surface area contributed by atoms with E-state index in [0.717, 1.165) is 10.4 Å². The van der Waals surface area contributed by atoms with E-state index in [4.69, 9.17) is 16.8 Å². The fourth-order valence-corrected chi connectivity index (χ4v) is 1.51. The van der Waals surface area contributed by atoms with E-state index >= 15 is 0 Å². The zero-order valence-corrected chi connectivity index (χ0v) is 11.3. The molecule has 0 atom stereocenters. The molecule has 0 bridgehead atoms. The molecule has 0 aliphatic carbocycles. The second kappa shape index (κ2) is 6.21. The minimum absolute atomic E-state index is 0.151. The van der Waals surface area contributed by atoms with Gasteiger partial charge in [0.1, 0.15) is 0 Å². The van der Waals surface area contributed by atoms with Crippen LogP contribution in [0, 0.1) is 0 Å². The smallest absolute Gasteiger partial charge is 0.223 e. The molecule has 96 valence electrons. The molecular weight excluding hydrogens is 252 g/mol. The minimum atomic E-state index is -0.151. The largest absolute Gasteiger partial charge is 0.391 e. The number of carbonyl (C=O) groups excluding carboxylic acids is 1. The van der Waals surface area contributed by atoms with Gasteiger partial charge >= 0.3 is 0 Å². The van der Waals surface area contributed by atoms with E-state index in [9.17, 15) is 4.79 Å². The van der Waals surface area contributed by atoms with Crippen molar-refractivity contribution in [2.45, 2.75) is 13.8 Å². The highest BCUT2D eigenvalue weighted by Gasteiger charge is 2.14. The van der Waals surface area contributed by atoms with Crippen molar-refractivity contribution in [3.05, 3.63) is 52.5 Å². The molecule has 0 aliphatic rings. The first-order chi connectivity index (χ1) is 8.45. The van der Waals surface area contributed by atoms with Crippen molar-refractivity contribution in [2.24, 2.45) is 0 Å². The summed E-state index contributed by atoms with van der Waals surface area (Å²) in [5.41, 5.74) is 1.72. The highest BCUT2D eigenvalue weighted by molar-refractivity contribution is 6.30. The molecule has 4 nitrogen and oxygen atoms in total. The Hall–Kier alpha value is -1.81. The van der Waals surface area contributed by atoms with Gasteiger partial charge in [0, 0.05) is 45.8 Å². The highest BCUT2D eigenvalue weighted by Crippen LogP contribution is 2.15. The van der Waals surface area contributed by atoms with Gasteiger partial charge in [-0.3, -0.25) is 10.0 Å². The van der Waals surface area contributed by atoms with E-state index in [2.05, 4.69) is 5.32 Å². The van der Waals surface area contributed by atoms with Gasteiger partial charge in [0.05, 0.1) is 0 Å². The number of hydrogen-bond acceptors (Lipinski definition) is 3. The second-order valence-corrected chi connectivity index (χ2v) is 4.41. The molecule has 0 unspecified atom stereocenters. The monoisotopic (exact) mass is 267 g/mol. The van der Waals surface area contributed by atoms with E-state index in [0.29, 0.717) is 16.2 Å². The number of ketones is 1. The van der Waals surface area contributed by atoms with E-state index in [1.165, 1.54) is 12.4 Å². The third-order valence-corrected chi connectivity index (χ3v) is 2.55. The summed E-state index contributed by atoms with van der Waals surface area (Å²) in [4.78, 5) is 12.3. The maximum atomic E-state index is 12.3. The van der Waals surface area contributed by atoms with Crippen molar-refractivity contribution in [2.75, 3.05) is 7.05 Å². The average molecular weight is 268 g/mol. The molecule has 0 saturated heterocycles. The standard InChI is InChI=1S/C13H15ClN2O2/c1-9(14)8-12(10(2)15-3)13(17)11-4-6-16(18)7-5-11/h4-8H,1-3H3,(H-,15,17,18)/p+1. The van der Waals surface area contributed by atoms with Gasteiger partial charge in [-0.2, -0.15) is 0 Å². The molecule has 0 radical (unpaired) electrons. The molecule has 0 aromatic carbocycles. The van der Waals surface area contributed by atoms with Gasteiger partial charge in [-0.25, -0.2) is 0 Å². The first-order valence-corrected chi connectivity index (χ1v) is 5.81. The van der Waals surface area contributed by atoms with Crippen LogP contribution >= 0.6 is 11.6 Å². The number of nitrogens with zero attached hydrogens (tertiary/aromatic N) is 1. The Balaban J connectivity index is 3.20. The summed E-state index contributed by atoms with van der Waals surface area (Å²) < 4.78 is 0.883. The number of halogens is 1. The molecule has 0 aliphatic heterocycles. The van der Waals surface area contributed by atoms with Crippen LogP contribution in [0.15, 0.2) is 46.9 Å². The molecule has 2 N–H and O–H groups in total. The van der Waals surface area contributed by atoms with Gasteiger partial charge in [0.15, 0.2) is 5.78 Å². The first-order valence-electron chi connectivity index (χ1n) is 5.43. The van der Waals surface area contributed by atoms with Gasteiger partial charge in [-0.15, -0.1) is 0 Å². The first kappa shape index (κ1) is 14.3. The molecular formula is C13H16ClN2O2+. The van der Waals surface area contributed by atoms with E-state index < -0.39 is 0 Å². The summed E-state index contributed by atoms with van der Waals surface area (Å²) >= 11 is 5.83. The number of pyridine rings is 1. The zero-order valence-electron chi connectivity index (χ0n) is 10.6. The lowest BCUT2D eigenvalue weighted by atomic mass is 10.0. The normalized spacial score (nSPS) is 13.0. The predicted molar refractivity (Wildman–Crippen MR) is 69.5 cm³/mol. The Morgan fingerprint density at radius 2 is 1.94 bits per heavy atom. The maximum Gasteiger partial charge on any atom is 0.223 e. The second-order valence-electron chi connectivity index (χ2n) is 3.82. The number of aromatic nitrogens is 1. The molecule has 0 amide bonds. The SMILES string of the molecule is CNC(C)=C(C=C(C)Cl)C(=O)c1cc[n+](O)cc1. The lowest BCUT2D eigenvalue weighted by molar-refractivity contribution is -0.904. The van der Waals surface area contributed by atoms with Crippen molar-refractivity contribution in [1.29, 1.82) is 0 Å². The molecule has 18 heavy (non-hydrogen) atoms. The lowest BCUT2D eigenvalue weighted by Gasteiger charge is -2.07. The molecule has 1 aromatic heterocycles. The Morgan fingerprint density at radius 1 is 1.39 bits per heavy atom. The van der Waals surface area contributed by atoms with Crippen LogP contribution < -0.4 is 10.0 Å². The van der Waals surface area contributed by atoms with Crippen molar-refractivity contribution >= 4 is 17.4 Å². The van der Waals surface area contributed by atoms with Crippen molar-refractivity contribution < 1.29 is 14.7 Å². The maximum absolute atomic E-state index is 12.3. The van der Waals surface area contributed by atoms with Crippen LogP contribution in [0.1, 0.15) is 24.2 Å². The van der Waals surface area contributed by atoms with Crippen LogP contribution in [0.4, 0.5) is 0 Å². The van der Waals surface area contributed by atoms with Gasteiger partial charge in [-0.1, -0.05) is 11.6 Å². The Kier molecular flexibility index (Phi) is 4.92. The van der Waals surface area contributed by atoms with E-state index in [1.54, 1.807) is 39.1 Å². The van der Waals surface area contributed by atoms with Gasteiger partial charge in [0.2, 0.25) is 12.4 Å². The van der Waals surface area contributed by atoms with Crippen LogP contribution in [0.25, 0.3) is 0 Å². The van der Waals surface area contributed by atoms with Crippen LogP contribution in [0.5, 0.6) is 0 Å². The number of hydrogen-bond donors (Lipinski definition) is 2. The average Bonchev–Trinajstić information content (AvgIpc) is 2.35. The number of carbonyl (C=O) groups is 1. The summed E-state index contributed by atoms with van der Waals surface area (Å²) in [7, 11) is 1.74. The fourth-order valence-electron chi connectivity index (χ4n) is 1.40. The Morgan fingerprint density at radius 3 is 2.39 bits per heavy atom. The van der Waals surface area contributed by atoms with Crippen molar-refractivity contribution in [3.8, 4) is 0 Å². The van der Waals surface area contributed by atoms with E-state index in [-0.39, 0.29) is 5.78 Å². The molecule has 1 heterocycles. The third kappa shape index (κ3) is 3.60. The summed E-state index contributed by atoms with van der Waals surface area (Å²) in [5, 5.41) is 12.6. The van der Waals surface area contributed by atoms with Gasteiger partial charge in [-0.05, 0) is 19.9 Å². The summed E-state index contributed by atoms with van der Waals surface area (Å²) in [5.74, 6) is -0.151. The molecule has 1 rings (SSSR count).